The number of fused-ring (bicyclic) bond motifs is 1. The van der Waals surface area contributed by atoms with Crippen molar-refractivity contribution in [2.75, 3.05) is 20.1 Å². The summed E-state index contributed by atoms with van der Waals surface area (Å²) in [6.45, 7) is 4.13. The first-order chi connectivity index (χ1) is 13.9. The maximum Gasteiger partial charge on any atom is 0.254 e. The molecule has 1 aliphatic heterocycles. The van der Waals surface area contributed by atoms with Gasteiger partial charge in [0.1, 0.15) is 5.82 Å². The van der Waals surface area contributed by atoms with Gasteiger partial charge in [-0.05, 0) is 49.2 Å². The van der Waals surface area contributed by atoms with E-state index in [0.717, 1.165) is 44.1 Å². The average Bonchev–Trinajstić information content (AvgIpc) is 2.74. The molecule has 3 rings (SSSR count). The van der Waals surface area contributed by atoms with Crippen molar-refractivity contribution in [2.45, 2.75) is 37.2 Å². The zero-order valence-corrected chi connectivity index (χ0v) is 17.4. The van der Waals surface area contributed by atoms with E-state index in [4.69, 9.17) is 0 Å². The third-order valence-electron chi connectivity index (χ3n) is 5.41. The lowest BCUT2D eigenvalue weighted by molar-refractivity contribution is 0.0922. The number of amides is 1. The van der Waals surface area contributed by atoms with E-state index in [-0.39, 0.29) is 16.5 Å². The number of rotatable bonds is 7. The fraction of sp³-hybridized carbons (Fsp3) is 0.381. The normalized spacial score (nSPS) is 15.6. The molecule has 156 valence electrons. The van der Waals surface area contributed by atoms with Gasteiger partial charge in [0.05, 0.1) is 10.5 Å². The predicted octanol–water partition coefficient (Wildman–Crippen LogP) is 2.30. The smallest absolute Gasteiger partial charge is 0.254 e. The highest BCUT2D eigenvalue weighted by atomic mass is 32.2. The summed E-state index contributed by atoms with van der Waals surface area (Å²) in [5.41, 5.74) is 2.37. The van der Waals surface area contributed by atoms with Gasteiger partial charge in [0.2, 0.25) is 10.0 Å². The maximum atomic E-state index is 14.2. The van der Waals surface area contributed by atoms with Gasteiger partial charge in [0.25, 0.3) is 5.91 Å². The van der Waals surface area contributed by atoms with Crippen LogP contribution in [0.1, 0.15) is 34.8 Å². The first kappa shape index (κ1) is 21.4. The zero-order valence-electron chi connectivity index (χ0n) is 16.6. The zero-order chi connectivity index (χ0) is 21.0. The minimum atomic E-state index is -3.76. The lowest BCUT2D eigenvalue weighted by atomic mass is 9.98. The number of hydrogen-bond donors (Lipinski definition) is 2. The summed E-state index contributed by atoms with van der Waals surface area (Å²) in [4.78, 5) is 14.7. The van der Waals surface area contributed by atoms with E-state index in [1.54, 1.807) is 0 Å². The van der Waals surface area contributed by atoms with Crippen LogP contribution in [0.15, 0.2) is 47.4 Å². The molecule has 2 N–H and O–H groups in total. The van der Waals surface area contributed by atoms with Crippen molar-refractivity contribution in [3.05, 3.63) is 65.0 Å². The molecule has 0 spiro atoms. The molecule has 8 heteroatoms. The Labute approximate surface area is 171 Å². The summed E-state index contributed by atoms with van der Waals surface area (Å²) < 4.78 is 40.2. The second kappa shape index (κ2) is 9.02. The number of sulfonamides is 1. The van der Waals surface area contributed by atoms with Crippen LogP contribution in [-0.2, 0) is 23.0 Å². The Morgan fingerprint density at radius 1 is 1.21 bits per heavy atom. The SMILES string of the molecule is CCC(CNC(=O)c1cc(S(=O)(=O)NC)ccc1F)N1CCc2ccccc2C1. The van der Waals surface area contributed by atoms with Gasteiger partial charge in [-0.2, -0.15) is 0 Å². The molecule has 0 saturated carbocycles. The number of nitrogens with one attached hydrogen (secondary N) is 2. The standard InChI is InChI=1S/C21H26FN3O3S/c1-3-17(25-11-10-15-6-4-5-7-16(15)14-25)13-24-21(26)19-12-18(8-9-20(19)22)29(27,28)23-2/h4-9,12,17,23H,3,10-11,13-14H2,1-2H3,(H,24,26). The van der Waals surface area contributed by atoms with Crippen LogP contribution in [0.2, 0.25) is 0 Å². The highest BCUT2D eigenvalue weighted by Gasteiger charge is 2.24. The van der Waals surface area contributed by atoms with Crippen molar-refractivity contribution in [1.82, 2.24) is 14.9 Å². The van der Waals surface area contributed by atoms with E-state index < -0.39 is 21.7 Å². The van der Waals surface area contributed by atoms with Crippen LogP contribution in [0, 0.1) is 5.82 Å². The molecule has 2 aromatic rings. The van der Waals surface area contributed by atoms with Crippen molar-refractivity contribution >= 4 is 15.9 Å². The molecule has 0 saturated heterocycles. The Morgan fingerprint density at radius 2 is 1.93 bits per heavy atom. The number of nitrogens with zero attached hydrogens (tertiary/aromatic N) is 1. The van der Waals surface area contributed by atoms with Crippen molar-refractivity contribution in [1.29, 1.82) is 0 Å². The Bertz CT molecular complexity index is 994. The molecule has 0 aromatic heterocycles. The lowest BCUT2D eigenvalue weighted by Gasteiger charge is -2.35. The van der Waals surface area contributed by atoms with Gasteiger partial charge in [-0.1, -0.05) is 31.2 Å². The Balaban J connectivity index is 1.69. The van der Waals surface area contributed by atoms with Gasteiger partial charge in [0, 0.05) is 25.7 Å². The molecule has 1 unspecified atom stereocenters. The van der Waals surface area contributed by atoms with Crippen LogP contribution in [0.4, 0.5) is 4.39 Å². The van der Waals surface area contributed by atoms with Crippen molar-refractivity contribution < 1.29 is 17.6 Å². The Morgan fingerprint density at radius 3 is 2.62 bits per heavy atom. The molecule has 6 nitrogen and oxygen atoms in total. The molecular weight excluding hydrogens is 393 g/mol. The summed E-state index contributed by atoms with van der Waals surface area (Å²) >= 11 is 0. The number of carbonyl (C=O) groups excluding carboxylic acids is 1. The summed E-state index contributed by atoms with van der Waals surface area (Å²) in [5.74, 6) is -1.37. The predicted molar refractivity (Wildman–Crippen MR) is 110 cm³/mol. The third kappa shape index (κ3) is 4.83. The molecule has 1 aliphatic rings. The molecule has 0 aliphatic carbocycles. The number of benzene rings is 2. The molecule has 0 fully saturated rings. The van der Waals surface area contributed by atoms with Crippen LogP contribution in [0.25, 0.3) is 0 Å². The lowest BCUT2D eigenvalue weighted by Crippen LogP contribution is -2.45. The minimum absolute atomic E-state index is 0.111. The molecule has 29 heavy (non-hydrogen) atoms. The van der Waals surface area contributed by atoms with Crippen LogP contribution in [-0.4, -0.2) is 45.4 Å². The molecule has 0 bridgehead atoms. The minimum Gasteiger partial charge on any atom is -0.350 e. The number of carbonyl (C=O) groups is 1. The summed E-state index contributed by atoms with van der Waals surface area (Å²) in [6.07, 6.45) is 1.79. The highest BCUT2D eigenvalue weighted by Crippen LogP contribution is 2.21. The van der Waals surface area contributed by atoms with Gasteiger partial charge in [-0.3, -0.25) is 9.69 Å². The third-order valence-corrected chi connectivity index (χ3v) is 6.82. The van der Waals surface area contributed by atoms with E-state index in [0.29, 0.717) is 6.54 Å². The topological polar surface area (TPSA) is 78.5 Å². The van der Waals surface area contributed by atoms with Crippen molar-refractivity contribution in [2.24, 2.45) is 0 Å². The van der Waals surface area contributed by atoms with Crippen LogP contribution < -0.4 is 10.0 Å². The van der Waals surface area contributed by atoms with E-state index in [1.807, 2.05) is 12.1 Å². The molecule has 1 amide bonds. The Kier molecular flexibility index (Phi) is 6.66. The van der Waals surface area contributed by atoms with Crippen molar-refractivity contribution in [3.8, 4) is 0 Å². The average molecular weight is 420 g/mol. The summed E-state index contributed by atoms with van der Waals surface area (Å²) in [5, 5.41) is 2.77. The van der Waals surface area contributed by atoms with Crippen molar-refractivity contribution in [3.63, 3.8) is 0 Å². The van der Waals surface area contributed by atoms with Gasteiger partial charge in [-0.15, -0.1) is 0 Å². The second-order valence-electron chi connectivity index (χ2n) is 7.11. The number of halogens is 1. The quantitative estimate of drug-likeness (QED) is 0.722. The largest absolute Gasteiger partial charge is 0.350 e. The highest BCUT2D eigenvalue weighted by molar-refractivity contribution is 7.89. The summed E-state index contributed by atoms with van der Waals surface area (Å²) in [6, 6.07) is 11.6. The first-order valence-electron chi connectivity index (χ1n) is 9.67. The second-order valence-corrected chi connectivity index (χ2v) is 9.00. The van der Waals surface area contributed by atoms with Crippen LogP contribution in [0.3, 0.4) is 0 Å². The Hall–Kier alpha value is -2.29. The summed E-state index contributed by atoms with van der Waals surface area (Å²) in [7, 11) is -2.49. The molecule has 1 atom stereocenters. The van der Waals surface area contributed by atoms with Gasteiger partial charge in [-0.25, -0.2) is 17.5 Å². The maximum absolute atomic E-state index is 14.2. The number of hydrogen-bond acceptors (Lipinski definition) is 4. The molecule has 0 radical (unpaired) electrons. The van der Waals surface area contributed by atoms with E-state index >= 15 is 0 Å². The van der Waals surface area contributed by atoms with Crippen LogP contribution >= 0.6 is 0 Å². The monoisotopic (exact) mass is 419 g/mol. The molecule has 1 heterocycles. The van der Waals surface area contributed by atoms with Gasteiger partial charge in [0.15, 0.2) is 0 Å². The van der Waals surface area contributed by atoms with E-state index in [1.165, 1.54) is 18.2 Å². The fourth-order valence-corrected chi connectivity index (χ4v) is 4.39. The van der Waals surface area contributed by atoms with Crippen LogP contribution in [0.5, 0.6) is 0 Å². The van der Waals surface area contributed by atoms with Gasteiger partial charge < -0.3 is 5.32 Å². The first-order valence-corrected chi connectivity index (χ1v) is 11.2. The molecular formula is C21H26FN3O3S. The molecule has 2 aromatic carbocycles. The van der Waals surface area contributed by atoms with E-state index in [9.17, 15) is 17.6 Å². The fourth-order valence-electron chi connectivity index (χ4n) is 3.63. The van der Waals surface area contributed by atoms with E-state index in [2.05, 4.69) is 34.0 Å². The van der Waals surface area contributed by atoms with Gasteiger partial charge >= 0.3 is 0 Å².